The Morgan fingerprint density at radius 1 is 0.913 bits per heavy atom. The second-order valence-corrected chi connectivity index (χ2v) is 4.26. The van der Waals surface area contributed by atoms with E-state index in [1.54, 1.807) is 30.7 Å². The molecule has 0 fully saturated rings. The number of pyridine rings is 1. The number of rotatable bonds is 3. The Morgan fingerprint density at radius 3 is 2.43 bits per heavy atom. The SMILES string of the molecule is Cl.Cl.Fc1ccc(Nc2ccnc(-c3cccnc3)n2)cc1F. The minimum Gasteiger partial charge on any atom is -0.340 e. The van der Waals surface area contributed by atoms with Gasteiger partial charge in [0.25, 0.3) is 0 Å². The molecule has 2 heterocycles. The van der Waals surface area contributed by atoms with Crippen molar-refractivity contribution in [1.82, 2.24) is 15.0 Å². The van der Waals surface area contributed by atoms with Gasteiger partial charge < -0.3 is 5.32 Å². The zero-order chi connectivity index (χ0) is 14.7. The molecule has 0 saturated carbocycles. The highest BCUT2D eigenvalue weighted by atomic mass is 35.5. The molecule has 0 aliphatic carbocycles. The van der Waals surface area contributed by atoms with Crippen LogP contribution in [0.15, 0.2) is 55.0 Å². The molecule has 0 atom stereocenters. The number of anilines is 2. The maximum Gasteiger partial charge on any atom is 0.163 e. The first kappa shape index (κ1) is 18.7. The van der Waals surface area contributed by atoms with Crippen molar-refractivity contribution in [2.45, 2.75) is 0 Å². The molecule has 0 radical (unpaired) electrons. The van der Waals surface area contributed by atoms with E-state index < -0.39 is 11.6 Å². The van der Waals surface area contributed by atoms with Crippen molar-refractivity contribution in [2.75, 3.05) is 5.32 Å². The highest BCUT2D eigenvalue weighted by Crippen LogP contribution is 2.19. The van der Waals surface area contributed by atoms with Gasteiger partial charge in [0.1, 0.15) is 5.82 Å². The number of benzene rings is 1. The summed E-state index contributed by atoms with van der Waals surface area (Å²) in [6, 6.07) is 8.82. The number of hydrogen-bond acceptors (Lipinski definition) is 4. The third-order valence-corrected chi connectivity index (χ3v) is 2.77. The fourth-order valence-corrected chi connectivity index (χ4v) is 1.78. The molecule has 1 aromatic carbocycles. The van der Waals surface area contributed by atoms with Crippen LogP contribution in [-0.4, -0.2) is 15.0 Å². The Kier molecular flexibility index (Phi) is 6.81. The quantitative estimate of drug-likeness (QED) is 0.755. The largest absolute Gasteiger partial charge is 0.340 e. The molecule has 2 aromatic heterocycles. The molecule has 8 heteroatoms. The van der Waals surface area contributed by atoms with Crippen molar-refractivity contribution in [3.8, 4) is 11.4 Å². The Hall–Kier alpha value is -2.31. The Morgan fingerprint density at radius 2 is 1.74 bits per heavy atom. The van der Waals surface area contributed by atoms with E-state index >= 15 is 0 Å². The Labute approximate surface area is 143 Å². The second kappa shape index (κ2) is 8.36. The molecule has 0 saturated heterocycles. The van der Waals surface area contributed by atoms with E-state index in [4.69, 9.17) is 0 Å². The third kappa shape index (κ3) is 4.58. The minimum atomic E-state index is -0.915. The minimum absolute atomic E-state index is 0. The molecule has 23 heavy (non-hydrogen) atoms. The predicted octanol–water partition coefficient (Wildman–Crippen LogP) is 4.40. The highest BCUT2D eigenvalue weighted by Gasteiger charge is 2.05. The molecule has 3 rings (SSSR count). The summed E-state index contributed by atoms with van der Waals surface area (Å²) < 4.78 is 26.1. The first-order valence-corrected chi connectivity index (χ1v) is 6.18. The first-order chi connectivity index (χ1) is 10.2. The lowest BCUT2D eigenvalue weighted by atomic mass is 10.2. The van der Waals surface area contributed by atoms with Crippen LogP contribution in [0.4, 0.5) is 20.3 Å². The summed E-state index contributed by atoms with van der Waals surface area (Å²) in [7, 11) is 0. The maximum atomic E-state index is 13.2. The summed E-state index contributed by atoms with van der Waals surface area (Å²) in [6.45, 7) is 0. The molecule has 0 aliphatic heterocycles. The molecule has 0 amide bonds. The van der Waals surface area contributed by atoms with Crippen molar-refractivity contribution in [1.29, 1.82) is 0 Å². The van der Waals surface area contributed by atoms with Gasteiger partial charge in [-0.3, -0.25) is 4.98 Å². The van der Waals surface area contributed by atoms with E-state index in [0.29, 0.717) is 17.3 Å². The van der Waals surface area contributed by atoms with Crippen molar-refractivity contribution in [3.63, 3.8) is 0 Å². The highest BCUT2D eigenvalue weighted by molar-refractivity contribution is 5.85. The van der Waals surface area contributed by atoms with Gasteiger partial charge in [-0.1, -0.05) is 0 Å². The molecular weight excluding hydrogens is 345 g/mol. The first-order valence-electron chi connectivity index (χ1n) is 6.18. The van der Waals surface area contributed by atoms with Crippen molar-refractivity contribution >= 4 is 36.3 Å². The fourth-order valence-electron chi connectivity index (χ4n) is 1.78. The van der Waals surface area contributed by atoms with Gasteiger partial charge in [-0.05, 0) is 30.3 Å². The Bertz CT molecular complexity index is 772. The van der Waals surface area contributed by atoms with E-state index in [0.717, 1.165) is 17.7 Å². The topological polar surface area (TPSA) is 50.7 Å². The number of aromatic nitrogens is 3. The lowest BCUT2D eigenvalue weighted by Crippen LogP contribution is -1.98. The van der Waals surface area contributed by atoms with Gasteiger partial charge in [0.2, 0.25) is 0 Å². The summed E-state index contributed by atoms with van der Waals surface area (Å²) in [5.74, 6) is -0.827. The van der Waals surface area contributed by atoms with Gasteiger partial charge in [-0.25, -0.2) is 18.7 Å². The predicted molar refractivity (Wildman–Crippen MR) is 89.4 cm³/mol. The molecule has 0 unspecified atom stereocenters. The van der Waals surface area contributed by atoms with E-state index in [-0.39, 0.29) is 24.8 Å². The fraction of sp³-hybridized carbons (Fsp3) is 0. The molecule has 0 bridgehead atoms. The zero-order valence-electron chi connectivity index (χ0n) is 11.6. The van der Waals surface area contributed by atoms with Crippen LogP contribution in [0.25, 0.3) is 11.4 Å². The summed E-state index contributed by atoms with van der Waals surface area (Å²) in [5.41, 5.74) is 1.18. The number of halogens is 4. The van der Waals surface area contributed by atoms with Gasteiger partial charge >= 0.3 is 0 Å². The molecule has 0 aliphatic rings. The van der Waals surface area contributed by atoms with Gasteiger partial charge in [-0.2, -0.15) is 0 Å². The average molecular weight is 357 g/mol. The van der Waals surface area contributed by atoms with Gasteiger partial charge in [0.05, 0.1) is 0 Å². The van der Waals surface area contributed by atoms with E-state index in [2.05, 4.69) is 20.3 Å². The van der Waals surface area contributed by atoms with Crippen molar-refractivity contribution in [3.05, 3.63) is 66.6 Å². The molecular formula is C15H12Cl2F2N4. The van der Waals surface area contributed by atoms with Crippen LogP contribution in [0.1, 0.15) is 0 Å². The van der Waals surface area contributed by atoms with Crippen LogP contribution >= 0.6 is 24.8 Å². The zero-order valence-corrected chi connectivity index (χ0v) is 13.2. The standard InChI is InChI=1S/C15H10F2N4.2ClH/c16-12-4-3-11(8-13(12)17)20-14-5-7-19-15(21-14)10-2-1-6-18-9-10;;/h1-9H,(H,19,20,21);2*1H. The average Bonchev–Trinajstić information content (AvgIpc) is 2.52. The van der Waals surface area contributed by atoms with Crippen LogP contribution in [0.3, 0.4) is 0 Å². The summed E-state index contributed by atoms with van der Waals surface area (Å²) in [4.78, 5) is 12.5. The van der Waals surface area contributed by atoms with Crippen LogP contribution in [0, 0.1) is 11.6 Å². The van der Waals surface area contributed by atoms with E-state index in [9.17, 15) is 8.78 Å². The maximum absolute atomic E-state index is 13.2. The van der Waals surface area contributed by atoms with Crippen molar-refractivity contribution in [2.24, 2.45) is 0 Å². The summed E-state index contributed by atoms with van der Waals surface area (Å²) in [5, 5.41) is 2.90. The summed E-state index contributed by atoms with van der Waals surface area (Å²) >= 11 is 0. The number of nitrogens with one attached hydrogen (secondary N) is 1. The van der Waals surface area contributed by atoms with Gasteiger partial charge in [-0.15, -0.1) is 24.8 Å². The monoisotopic (exact) mass is 356 g/mol. The van der Waals surface area contributed by atoms with E-state index in [1.165, 1.54) is 6.07 Å². The van der Waals surface area contributed by atoms with Crippen molar-refractivity contribution < 1.29 is 8.78 Å². The van der Waals surface area contributed by atoms with E-state index in [1.807, 2.05) is 6.07 Å². The van der Waals surface area contributed by atoms with Gasteiger partial charge in [0, 0.05) is 35.9 Å². The van der Waals surface area contributed by atoms with Crippen LogP contribution < -0.4 is 5.32 Å². The molecule has 1 N–H and O–H groups in total. The Balaban J connectivity index is 0.00000132. The third-order valence-electron chi connectivity index (χ3n) is 2.77. The lowest BCUT2D eigenvalue weighted by Gasteiger charge is -2.07. The molecule has 3 aromatic rings. The van der Waals surface area contributed by atoms with Crippen LogP contribution in [-0.2, 0) is 0 Å². The molecule has 4 nitrogen and oxygen atoms in total. The normalized spacial score (nSPS) is 9.48. The lowest BCUT2D eigenvalue weighted by molar-refractivity contribution is 0.509. The van der Waals surface area contributed by atoms with Crippen LogP contribution in [0.2, 0.25) is 0 Å². The molecule has 120 valence electrons. The smallest absolute Gasteiger partial charge is 0.163 e. The number of hydrogen-bond donors (Lipinski definition) is 1. The summed E-state index contributed by atoms with van der Waals surface area (Å²) in [6.07, 6.45) is 4.89. The second-order valence-electron chi connectivity index (χ2n) is 4.26. The van der Waals surface area contributed by atoms with Crippen LogP contribution in [0.5, 0.6) is 0 Å². The molecule has 0 spiro atoms. The van der Waals surface area contributed by atoms with Gasteiger partial charge in [0.15, 0.2) is 17.5 Å². The number of nitrogens with zero attached hydrogens (tertiary/aromatic N) is 3.